The van der Waals surface area contributed by atoms with Gasteiger partial charge in [-0.1, -0.05) is 45.8 Å². The summed E-state index contributed by atoms with van der Waals surface area (Å²) < 4.78 is 14.2. The molecule has 0 heterocycles. The van der Waals surface area contributed by atoms with Crippen molar-refractivity contribution in [1.82, 2.24) is 5.32 Å². The van der Waals surface area contributed by atoms with Crippen molar-refractivity contribution in [1.29, 1.82) is 0 Å². The van der Waals surface area contributed by atoms with Gasteiger partial charge in [0.05, 0.1) is 5.56 Å². The van der Waals surface area contributed by atoms with E-state index in [1.54, 1.807) is 6.07 Å². The van der Waals surface area contributed by atoms with Gasteiger partial charge < -0.3 is 5.32 Å². The highest BCUT2D eigenvalue weighted by molar-refractivity contribution is 9.10. The number of rotatable bonds is 4. The van der Waals surface area contributed by atoms with Crippen LogP contribution in [-0.4, -0.2) is 12.5 Å². The van der Waals surface area contributed by atoms with Gasteiger partial charge in [-0.15, -0.1) is 0 Å². The molecule has 0 fully saturated rings. The summed E-state index contributed by atoms with van der Waals surface area (Å²) in [7, 11) is 0. The van der Waals surface area contributed by atoms with Gasteiger partial charge in [0.1, 0.15) is 5.82 Å². The van der Waals surface area contributed by atoms with Gasteiger partial charge in [0.25, 0.3) is 5.91 Å². The van der Waals surface area contributed by atoms with Gasteiger partial charge in [-0.25, -0.2) is 4.39 Å². The largest absolute Gasteiger partial charge is 0.352 e. The predicted octanol–water partition coefficient (Wildman–Crippen LogP) is 3.87. The summed E-state index contributed by atoms with van der Waals surface area (Å²) in [5.41, 5.74) is 2.41. The van der Waals surface area contributed by atoms with E-state index in [0.29, 0.717) is 11.0 Å². The van der Waals surface area contributed by atoms with Crippen LogP contribution >= 0.6 is 15.9 Å². The Kier molecular flexibility index (Phi) is 4.90. The fourth-order valence-electron chi connectivity index (χ4n) is 1.96. The summed E-state index contributed by atoms with van der Waals surface area (Å²) in [6.07, 6.45) is 0.728. The Balaban J connectivity index is 1.92. The van der Waals surface area contributed by atoms with Crippen molar-refractivity contribution in [3.8, 4) is 0 Å². The van der Waals surface area contributed by atoms with Crippen LogP contribution in [0.15, 0.2) is 46.9 Å². The molecule has 0 saturated carbocycles. The highest BCUT2D eigenvalue weighted by atomic mass is 79.9. The number of carbonyl (C=O) groups is 1. The minimum atomic E-state index is -0.521. The number of aryl methyl sites for hydroxylation is 1. The molecule has 0 aromatic heterocycles. The van der Waals surface area contributed by atoms with Crippen LogP contribution in [0.4, 0.5) is 4.39 Å². The lowest BCUT2D eigenvalue weighted by molar-refractivity contribution is 0.0950. The quantitative estimate of drug-likeness (QED) is 0.902. The Labute approximate surface area is 126 Å². The maximum Gasteiger partial charge on any atom is 0.254 e. The summed E-state index contributed by atoms with van der Waals surface area (Å²) >= 11 is 3.16. The molecule has 0 bridgehead atoms. The van der Waals surface area contributed by atoms with Gasteiger partial charge in [0.2, 0.25) is 0 Å². The topological polar surface area (TPSA) is 29.1 Å². The molecule has 0 spiro atoms. The molecule has 0 aliphatic carbocycles. The van der Waals surface area contributed by atoms with Crippen LogP contribution < -0.4 is 5.32 Å². The van der Waals surface area contributed by atoms with Crippen LogP contribution in [0.2, 0.25) is 0 Å². The fourth-order valence-corrected chi connectivity index (χ4v) is 2.29. The first kappa shape index (κ1) is 14.7. The van der Waals surface area contributed by atoms with Crippen LogP contribution in [0.3, 0.4) is 0 Å². The van der Waals surface area contributed by atoms with Crippen molar-refractivity contribution in [2.24, 2.45) is 0 Å². The van der Waals surface area contributed by atoms with Gasteiger partial charge in [-0.05, 0) is 37.1 Å². The van der Waals surface area contributed by atoms with Crippen molar-refractivity contribution in [2.45, 2.75) is 13.3 Å². The minimum absolute atomic E-state index is 0.0671. The average Bonchev–Trinajstić information content (AvgIpc) is 2.38. The van der Waals surface area contributed by atoms with E-state index in [0.717, 1.165) is 12.0 Å². The molecule has 2 aromatic rings. The van der Waals surface area contributed by atoms with Gasteiger partial charge in [0, 0.05) is 11.0 Å². The van der Waals surface area contributed by atoms with Crippen LogP contribution in [-0.2, 0) is 6.42 Å². The van der Waals surface area contributed by atoms with E-state index in [2.05, 4.69) is 27.3 Å². The van der Waals surface area contributed by atoms with E-state index < -0.39 is 5.82 Å². The standard InChI is InChI=1S/C16H15BrFNO/c1-11-3-2-4-12(9-11)7-8-19-16(20)14-6-5-13(17)10-15(14)18/h2-6,9-10H,7-8H2,1H3,(H,19,20). The first-order chi connectivity index (χ1) is 9.56. The van der Waals surface area contributed by atoms with E-state index in [9.17, 15) is 9.18 Å². The Morgan fingerprint density at radius 3 is 2.75 bits per heavy atom. The molecule has 2 aromatic carbocycles. The Morgan fingerprint density at radius 1 is 1.25 bits per heavy atom. The molecular weight excluding hydrogens is 321 g/mol. The molecule has 2 rings (SSSR count). The molecule has 2 nitrogen and oxygen atoms in total. The number of amides is 1. The number of carbonyl (C=O) groups excluding carboxylic acids is 1. The number of nitrogens with one attached hydrogen (secondary N) is 1. The average molecular weight is 336 g/mol. The predicted molar refractivity (Wildman–Crippen MR) is 81.3 cm³/mol. The third-order valence-electron chi connectivity index (χ3n) is 2.96. The summed E-state index contributed by atoms with van der Waals surface area (Å²) in [4.78, 5) is 11.9. The molecular formula is C16H15BrFNO. The van der Waals surface area contributed by atoms with Crippen molar-refractivity contribution in [3.63, 3.8) is 0 Å². The van der Waals surface area contributed by atoms with E-state index in [-0.39, 0.29) is 11.5 Å². The summed E-state index contributed by atoms with van der Waals surface area (Å²) in [5.74, 6) is -0.907. The Bertz CT molecular complexity index is 628. The zero-order chi connectivity index (χ0) is 14.5. The maximum atomic E-state index is 13.6. The van der Waals surface area contributed by atoms with Gasteiger partial charge in [0.15, 0.2) is 0 Å². The summed E-state index contributed by atoms with van der Waals surface area (Å²) in [6.45, 7) is 2.51. The van der Waals surface area contributed by atoms with E-state index in [1.807, 2.05) is 25.1 Å². The normalized spacial score (nSPS) is 10.3. The monoisotopic (exact) mass is 335 g/mol. The number of halogens is 2. The molecule has 1 amide bonds. The molecule has 0 unspecified atom stereocenters. The first-order valence-corrected chi connectivity index (χ1v) is 7.14. The second-order valence-corrected chi connectivity index (χ2v) is 5.53. The highest BCUT2D eigenvalue weighted by Gasteiger charge is 2.11. The number of benzene rings is 2. The lowest BCUT2D eigenvalue weighted by atomic mass is 10.1. The molecule has 4 heteroatoms. The zero-order valence-corrected chi connectivity index (χ0v) is 12.7. The van der Waals surface area contributed by atoms with Crippen LogP contribution in [0, 0.1) is 12.7 Å². The van der Waals surface area contributed by atoms with Crippen LogP contribution in [0.1, 0.15) is 21.5 Å². The molecule has 20 heavy (non-hydrogen) atoms. The van der Waals surface area contributed by atoms with E-state index >= 15 is 0 Å². The Morgan fingerprint density at radius 2 is 2.05 bits per heavy atom. The smallest absolute Gasteiger partial charge is 0.254 e. The Hall–Kier alpha value is -1.68. The molecule has 1 N–H and O–H groups in total. The lowest BCUT2D eigenvalue weighted by Crippen LogP contribution is -2.26. The fraction of sp³-hybridized carbons (Fsp3) is 0.188. The summed E-state index contributed by atoms with van der Waals surface area (Å²) in [6, 6.07) is 12.5. The molecule has 0 radical (unpaired) electrons. The highest BCUT2D eigenvalue weighted by Crippen LogP contribution is 2.15. The number of hydrogen-bond donors (Lipinski definition) is 1. The molecule has 0 saturated heterocycles. The van der Waals surface area contributed by atoms with Gasteiger partial charge in [-0.3, -0.25) is 4.79 Å². The second-order valence-electron chi connectivity index (χ2n) is 4.62. The van der Waals surface area contributed by atoms with Crippen LogP contribution in [0.25, 0.3) is 0 Å². The minimum Gasteiger partial charge on any atom is -0.352 e. The van der Waals surface area contributed by atoms with Crippen molar-refractivity contribution < 1.29 is 9.18 Å². The third kappa shape index (κ3) is 3.90. The SMILES string of the molecule is Cc1cccc(CCNC(=O)c2ccc(Br)cc2F)c1. The molecule has 0 aliphatic heterocycles. The van der Waals surface area contributed by atoms with Crippen molar-refractivity contribution >= 4 is 21.8 Å². The molecule has 0 atom stereocenters. The molecule has 104 valence electrons. The lowest BCUT2D eigenvalue weighted by Gasteiger charge is -2.07. The zero-order valence-electron chi connectivity index (χ0n) is 11.1. The maximum absolute atomic E-state index is 13.6. The number of hydrogen-bond acceptors (Lipinski definition) is 1. The third-order valence-corrected chi connectivity index (χ3v) is 3.45. The van der Waals surface area contributed by atoms with Gasteiger partial charge >= 0.3 is 0 Å². The molecule has 0 aliphatic rings. The first-order valence-electron chi connectivity index (χ1n) is 6.35. The van der Waals surface area contributed by atoms with E-state index in [1.165, 1.54) is 17.7 Å². The van der Waals surface area contributed by atoms with Crippen LogP contribution in [0.5, 0.6) is 0 Å². The van der Waals surface area contributed by atoms with E-state index in [4.69, 9.17) is 0 Å². The summed E-state index contributed by atoms with van der Waals surface area (Å²) in [5, 5.41) is 2.73. The second kappa shape index (κ2) is 6.66. The van der Waals surface area contributed by atoms with Crippen molar-refractivity contribution in [2.75, 3.05) is 6.54 Å². The van der Waals surface area contributed by atoms with Crippen molar-refractivity contribution in [3.05, 3.63) is 69.4 Å². The van der Waals surface area contributed by atoms with Gasteiger partial charge in [-0.2, -0.15) is 0 Å².